The molecule has 0 saturated heterocycles. The van der Waals surface area contributed by atoms with Crippen molar-refractivity contribution in [2.24, 2.45) is 5.73 Å². The number of nitrogens with two attached hydrogens (primary N) is 1. The van der Waals surface area contributed by atoms with Crippen LogP contribution in [-0.2, 0) is 4.79 Å². The topological polar surface area (TPSA) is 101 Å². The second kappa shape index (κ2) is 6.91. The minimum Gasteiger partial charge on any atom is -0.481 e. The van der Waals surface area contributed by atoms with Crippen molar-refractivity contribution in [2.75, 3.05) is 6.54 Å². The van der Waals surface area contributed by atoms with Crippen LogP contribution in [0, 0.1) is 0 Å². The first-order chi connectivity index (χ1) is 10.4. The molecule has 0 fully saturated rings. The van der Waals surface area contributed by atoms with Gasteiger partial charge in [0.15, 0.2) is 0 Å². The lowest BCUT2D eigenvalue weighted by atomic mass is 9.94. The summed E-state index contributed by atoms with van der Waals surface area (Å²) in [5.41, 5.74) is 7.11. The molecule has 0 aliphatic rings. The van der Waals surface area contributed by atoms with Gasteiger partial charge in [0.1, 0.15) is 4.88 Å². The van der Waals surface area contributed by atoms with Crippen LogP contribution in [0.4, 0.5) is 0 Å². The van der Waals surface area contributed by atoms with Gasteiger partial charge in [-0.1, -0.05) is 17.7 Å². The number of carbonyl (C=O) groups is 2. The SMILES string of the molecule is NCC(CC(=O)O)c1ccc(Cl)c(-c2ccc(C(=O)O)s2)c1. The molecule has 1 heterocycles. The van der Waals surface area contributed by atoms with E-state index in [1.54, 1.807) is 24.3 Å². The van der Waals surface area contributed by atoms with Gasteiger partial charge in [0, 0.05) is 21.4 Å². The molecule has 0 saturated carbocycles. The van der Waals surface area contributed by atoms with Crippen LogP contribution in [0.5, 0.6) is 0 Å². The molecule has 1 atom stereocenters. The van der Waals surface area contributed by atoms with Crippen molar-refractivity contribution >= 4 is 34.9 Å². The lowest BCUT2D eigenvalue weighted by Crippen LogP contribution is -2.16. The van der Waals surface area contributed by atoms with E-state index >= 15 is 0 Å². The molecule has 1 unspecified atom stereocenters. The van der Waals surface area contributed by atoms with Crippen LogP contribution in [0.1, 0.15) is 27.6 Å². The Kier molecular flexibility index (Phi) is 5.18. The molecule has 0 radical (unpaired) electrons. The van der Waals surface area contributed by atoms with Gasteiger partial charge in [-0.25, -0.2) is 4.79 Å². The van der Waals surface area contributed by atoms with Crippen LogP contribution < -0.4 is 5.73 Å². The summed E-state index contributed by atoms with van der Waals surface area (Å²) >= 11 is 7.30. The van der Waals surface area contributed by atoms with Crippen LogP contribution in [0.2, 0.25) is 5.02 Å². The number of aliphatic carboxylic acids is 1. The highest BCUT2D eigenvalue weighted by Gasteiger charge is 2.17. The molecule has 4 N–H and O–H groups in total. The van der Waals surface area contributed by atoms with Crippen molar-refractivity contribution in [3.63, 3.8) is 0 Å². The first kappa shape index (κ1) is 16.5. The molecule has 5 nitrogen and oxygen atoms in total. The third-order valence-electron chi connectivity index (χ3n) is 3.25. The fourth-order valence-electron chi connectivity index (χ4n) is 2.13. The maximum atomic E-state index is 11.0. The Hall–Kier alpha value is -1.89. The first-order valence-corrected chi connectivity index (χ1v) is 7.66. The van der Waals surface area contributed by atoms with E-state index in [9.17, 15) is 9.59 Å². The van der Waals surface area contributed by atoms with Gasteiger partial charge >= 0.3 is 11.9 Å². The molecule has 22 heavy (non-hydrogen) atoms. The number of benzene rings is 1. The molecule has 116 valence electrons. The van der Waals surface area contributed by atoms with E-state index in [1.165, 1.54) is 6.07 Å². The summed E-state index contributed by atoms with van der Waals surface area (Å²) in [5, 5.41) is 18.4. The van der Waals surface area contributed by atoms with Crippen LogP contribution in [0.15, 0.2) is 30.3 Å². The number of hydrogen-bond acceptors (Lipinski definition) is 4. The summed E-state index contributed by atoms with van der Waals surface area (Å²) in [5.74, 6) is -2.22. The minimum atomic E-state index is -0.991. The summed E-state index contributed by atoms with van der Waals surface area (Å²) in [7, 11) is 0. The Morgan fingerprint density at radius 2 is 1.95 bits per heavy atom. The highest BCUT2D eigenvalue weighted by Crippen LogP contribution is 2.36. The molecular weight excluding hydrogens is 326 g/mol. The van der Waals surface area contributed by atoms with Crippen molar-refractivity contribution in [3.05, 3.63) is 45.8 Å². The van der Waals surface area contributed by atoms with Crippen molar-refractivity contribution in [1.82, 2.24) is 0 Å². The molecule has 0 aliphatic heterocycles. The third kappa shape index (κ3) is 3.65. The number of thiophene rings is 1. The monoisotopic (exact) mass is 339 g/mol. The lowest BCUT2D eigenvalue weighted by molar-refractivity contribution is -0.137. The zero-order valence-corrected chi connectivity index (χ0v) is 13.0. The van der Waals surface area contributed by atoms with Gasteiger partial charge in [0.05, 0.1) is 6.42 Å². The number of carboxylic acid groups (broad SMARTS) is 2. The Morgan fingerprint density at radius 1 is 1.23 bits per heavy atom. The maximum Gasteiger partial charge on any atom is 0.345 e. The molecule has 2 rings (SSSR count). The highest BCUT2D eigenvalue weighted by molar-refractivity contribution is 7.17. The summed E-state index contributed by atoms with van der Waals surface area (Å²) < 4.78 is 0. The van der Waals surface area contributed by atoms with E-state index < -0.39 is 11.9 Å². The molecule has 7 heteroatoms. The predicted molar refractivity (Wildman–Crippen MR) is 85.8 cm³/mol. The zero-order valence-electron chi connectivity index (χ0n) is 11.5. The van der Waals surface area contributed by atoms with Gasteiger partial charge in [-0.2, -0.15) is 0 Å². The van der Waals surface area contributed by atoms with Crippen LogP contribution >= 0.6 is 22.9 Å². The molecule has 0 aliphatic carbocycles. The van der Waals surface area contributed by atoms with Crippen molar-refractivity contribution in [1.29, 1.82) is 0 Å². The van der Waals surface area contributed by atoms with E-state index in [0.717, 1.165) is 21.8 Å². The van der Waals surface area contributed by atoms with Gasteiger partial charge < -0.3 is 15.9 Å². The molecule has 0 amide bonds. The number of halogens is 1. The molecule has 1 aromatic carbocycles. The standard InChI is InChI=1S/C15H14ClNO4S/c16-11-2-1-8(9(7-17)6-14(18)19)5-10(11)12-3-4-13(22-12)15(20)21/h1-5,9H,6-7,17H2,(H,18,19)(H,20,21). The summed E-state index contributed by atoms with van der Waals surface area (Å²) in [4.78, 5) is 22.8. The van der Waals surface area contributed by atoms with Gasteiger partial charge in [-0.3, -0.25) is 4.79 Å². The second-order valence-electron chi connectivity index (χ2n) is 4.74. The van der Waals surface area contributed by atoms with Crippen molar-refractivity contribution in [2.45, 2.75) is 12.3 Å². The summed E-state index contributed by atoms with van der Waals surface area (Å²) in [6.07, 6.45) is -0.0671. The smallest absolute Gasteiger partial charge is 0.345 e. The maximum absolute atomic E-state index is 11.0. The van der Waals surface area contributed by atoms with Crippen molar-refractivity contribution in [3.8, 4) is 10.4 Å². The second-order valence-corrected chi connectivity index (χ2v) is 6.23. The quantitative estimate of drug-likeness (QED) is 0.749. The summed E-state index contributed by atoms with van der Waals surface area (Å²) in [6.45, 7) is 0.207. The number of aromatic carboxylic acids is 1. The van der Waals surface area contributed by atoms with Crippen LogP contribution in [0.3, 0.4) is 0 Å². The van der Waals surface area contributed by atoms with Gasteiger partial charge in [-0.05, 0) is 36.4 Å². The fraction of sp³-hybridized carbons (Fsp3) is 0.200. The minimum absolute atomic E-state index is 0.0671. The van der Waals surface area contributed by atoms with Crippen molar-refractivity contribution < 1.29 is 19.8 Å². The van der Waals surface area contributed by atoms with E-state index in [4.69, 9.17) is 27.5 Å². The fourth-order valence-corrected chi connectivity index (χ4v) is 3.28. The predicted octanol–water partition coefficient (Wildman–Crippen LogP) is 3.28. The van der Waals surface area contributed by atoms with E-state index in [2.05, 4.69) is 0 Å². The Balaban J connectivity index is 2.41. The normalized spacial score (nSPS) is 12.1. The summed E-state index contributed by atoms with van der Waals surface area (Å²) in [6, 6.07) is 8.41. The number of hydrogen-bond donors (Lipinski definition) is 3. The first-order valence-electron chi connectivity index (χ1n) is 6.47. The van der Waals surface area contributed by atoms with E-state index in [0.29, 0.717) is 10.6 Å². The average Bonchev–Trinajstić information content (AvgIpc) is 2.95. The highest BCUT2D eigenvalue weighted by atomic mass is 35.5. The Bertz CT molecular complexity index is 713. The van der Waals surface area contributed by atoms with Crippen LogP contribution in [-0.4, -0.2) is 28.7 Å². The number of rotatable bonds is 6. The van der Waals surface area contributed by atoms with Gasteiger partial charge in [0.25, 0.3) is 0 Å². The Morgan fingerprint density at radius 3 is 2.50 bits per heavy atom. The average molecular weight is 340 g/mol. The molecule has 2 aromatic rings. The van der Waals surface area contributed by atoms with Gasteiger partial charge in [-0.15, -0.1) is 11.3 Å². The third-order valence-corrected chi connectivity index (χ3v) is 4.69. The Labute approximate surface area is 136 Å². The molecule has 1 aromatic heterocycles. The molecule has 0 bridgehead atoms. The zero-order chi connectivity index (χ0) is 16.3. The lowest BCUT2D eigenvalue weighted by Gasteiger charge is -2.14. The van der Waals surface area contributed by atoms with Gasteiger partial charge in [0.2, 0.25) is 0 Å². The molecule has 0 spiro atoms. The number of carboxylic acids is 2. The largest absolute Gasteiger partial charge is 0.481 e. The van der Waals surface area contributed by atoms with Crippen LogP contribution in [0.25, 0.3) is 10.4 Å². The molecular formula is C15H14ClNO4S. The van der Waals surface area contributed by atoms with E-state index in [-0.39, 0.29) is 23.8 Å². The van der Waals surface area contributed by atoms with E-state index in [1.807, 2.05) is 0 Å².